The van der Waals surface area contributed by atoms with Crippen LogP contribution in [0.1, 0.15) is 6.92 Å². The van der Waals surface area contributed by atoms with E-state index in [1.807, 2.05) is 0 Å². The number of hydrogen-bond acceptors (Lipinski definition) is 9. The number of halogens is 1. The highest BCUT2D eigenvalue weighted by Gasteiger charge is 2.49. The van der Waals surface area contributed by atoms with Crippen LogP contribution in [-0.4, -0.2) is 103 Å². The highest BCUT2D eigenvalue weighted by Crippen LogP contribution is 2.30. The van der Waals surface area contributed by atoms with Gasteiger partial charge in [0.25, 0.3) is 0 Å². The van der Waals surface area contributed by atoms with Gasteiger partial charge in [-0.1, -0.05) is 15.9 Å². The molecular weight excluding hydrogens is 368 g/mol. The fourth-order valence-corrected chi connectivity index (χ4v) is 2.75. The topological polar surface area (TPSA) is 160 Å². The molecule has 0 bridgehead atoms. The number of aliphatic hydroxyl groups excluding tert-OH is 7. The molecule has 0 aromatic heterocycles. The van der Waals surface area contributed by atoms with Crippen LogP contribution in [0.25, 0.3) is 0 Å². The number of rotatable bonds is 7. The molecule has 1 unspecified atom stereocenters. The van der Waals surface area contributed by atoms with Gasteiger partial charge in [-0.2, -0.15) is 0 Å². The van der Waals surface area contributed by atoms with Gasteiger partial charge in [-0.25, -0.2) is 0 Å². The van der Waals surface area contributed by atoms with Crippen molar-refractivity contribution in [3.8, 4) is 0 Å². The highest BCUT2D eigenvalue weighted by molar-refractivity contribution is 9.09. The summed E-state index contributed by atoms with van der Waals surface area (Å²) in [6, 6.07) is 0. The highest BCUT2D eigenvalue weighted by atomic mass is 79.9. The predicted molar refractivity (Wildman–Crippen MR) is 76.1 cm³/mol. The Morgan fingerprint density at radius 3 is 2.18 bits per heavy atom. The van der Waals surface area contributed by atoms with Gasteiger partial charge in [0.2, 0.25) is 0 Å². The van der Waals surface area contributed by atoms with Crippen LogP contribution in [0.3, 0.4) is 0 Å². The molecule has 0 radical (unpaired) electrons. The van der Waals surface area contributed by atoms with E-state index in [1.54, 1.807) is 6.92 Å². The van der Waals surface area contributed by atoms with E-state index in [0.29, 0.717) is 0 Å². The summed E-state index contributed by atoms with van der Waals surface area (Å²) < 4.78 is 10.5. The largest absolute Gasteiger partial charge is 0.394 e. The average molecular weight is 391 g/mol. The van der Waals surface area contributed by atoms with Crippen molar-refractivity contribution in [3.63, 3.8) is 0 Å². The van der Waals surface area contributed by atoms with Crippen molar-refractivity contribution in [1.29, 1.82) is 0 Å². The Morgan fingerprint density at radius 2 is 1.68 bits per heavy atom. The van der Waals surface area contributed by atoms with Gasteiger partial charge in [0, 0.05) is 6.61 Å². The number of ether oxygens (including phenoxy) is 2. The van der Waals surface area contributed by atoms with Crippen molar-refractivity contribution in [2.24, 2.45) is 0 Å². The summed E-state index contributed by atoms with van der Waals surface area (Å²) in [6.07, 6.45) is -12.7. The molecule has 1 aliphatic rings. The summed E-state index contributed by atoms with van der Waals surface area (Å²) in [5, 5.41) is 67.4. The van der Waals surface area contributed by atoms with E-state index in [0.717, 1.165) is 0 Å². The van der Waals surface area contributed by atoms with E-state index in [1.165, 1.54) is 0 Å². The van der Waals surface area contributed by atoms with Crippen LogP contribution in [0.2, 0.25) is 0 Å². The smallest absolute Gasteiger partial charge is 0.173 e. The Kier molecular flexibility index (Phi) is 8.09. The number of aliphatic hydroxyl groups is 7. The molecule has 22 heavy (non-hydrogen) atoms. The molecule has 0 saturated carbocycles. The molecule has 9 nitrogen and oxygen atoms in total. The van der Waals surface area contributed by atoms with Crippen LogP contribution >= 0.6 is 15.9 Å². The number of hydrogen-bond donors (Lipinski definition) is 7. The van der Waals surface area contributed by atoms with E-state index in [4.69, 9.17) is 14.6 Å². The van der Waals surface area contributed by atoms with Crippen molar-refractivity contribution in [2.45, 2.75) is 60.8 Å². The zero-order valence-electron chi connectivity index (χ0n) is 11.9. The molecule has 132 valence electrons. The molecule has 9 atom stereocenters. The fraction of sp³-hybridized carbons (Fsp3) is 1.00. The van der Waals surface area contributed by atoms with E-state index in [9.17, 15) is 30.6 Å². The first-order valence-corrected chi connectivity index (χ1v) is 7.78. The van der Waals surface area contributed by atoms with Crippen LogP contribution in [0.15, 0.2) is 0 Å². The van der Waals surface area contributed by atoms with Gasteiger partial charge in [-0.05, 0) is 6.92 Å². The lowest BCUT2D eigenvalue weighted by atomic mass is 9.91. The Labute approximate surface area is 135 Å². The van der Waals surface area contributed by atoms with E-state index >= 15 is 0 Å². The molecule has 1 fully saturated rings. The van der Waals surface area contributed by atoms with Crippen LogP contribution in [0, 0.1) is 0 Å². The van der Waals surface area contributed by atoms with Gasteiger partial charge in [0.05, 0.1) is 17.5 Å². The second-order valence-electron chi connectivity index (χ2n) is 5.07. The Hall–Kier alpha value is 0.120. The third kappa shape index (κ3) is 4.35. The molecule has 0 spiro atoms. The second-order valence-corrected chi connectivity index (χ2v) is 6.13. The fourth-order valence-electron chi connectivity index (χ4n) is 2.16. The van der Waals surface area contributed by atoms with Crippen LogP contribution in [-0.2, 0) is 9.47 Å². The lowest BCUT2D eigenvalue weighted by molar-refractivity contribution is -0.276. The molecular formula is C12H23BrO9. The zero-order valence-corrected chi connectivity index (χ0v) is 13.5. The first kappa shape index (κ1) is 20.2. The zero-order chi connectivity index (χ0) is 17.0. The maximum Gasteiger partial charge on any atom is 0.173 e. The Balaban J connectivity index is 2.83. The summed E-state index contributed by atoms with van der Waals surface area (Å²) in [5.74, 6) is 0. The van der Waals surface area contributed by atoms with Gasteiger partial charge in [-0.15, -0.1) is 0 Å². The molecule has 7 N–H and O–H groups in total. The minimum absolute atomic E-state index is 0.243. The maximum absolute atomic E-state index is 10.0. The van der Waals surface area contributed by atoms with Gasteiger partial charge >= 0.3 is 0 Å². The lowest BCUT2D eigenvalue weighted by Crippen LogP contribution is -2.63. The van der Waals surface area contributed by atoms with Crippen LogP contribution in [0.5, 0.6) is 0 Å². The van der Waals surface area contributed by atoms with E-state index in [2.05, 4.69) is 15.9 Å². The SMILES string of the molecule is CCOC1O[C@H]([C@@H](O)[C@@H](O)[C@H](O)[C@H](O)CO)[C@@H](O)[C@H](O)[C@@H]1Br. The van der Waals surface area contributed by atoms with Gasteiger partial charge in [-0.3, -0.25) is 0 Å². The molecule has 1 aliphatic heterocycles. The molecule has 0 aromatic carbocycles. The molecule has 0 amide bonds. The van der Waals surface area contributed by atoms with Crippen molar-refractivity contribution >= 4 is 15.9 Å². The van der Waals surface area contributed by atoms with Crippen molar-refractivity contribution in [2.75, 3.05) is 13.2 Å². The molecule has 1 saturated heterocycles. The third-order valence-corrected chi connectivity index (χ3v) is 4.49. The summed E-state index contributed by atoms with van der Waals surface area (Å²) >= 11 is 3.11. The molecule has 1 heterocycles. The summed E-state index contributed by atoms with van der Waals surface area (Å²) in [7, 11) is 0. The Bertz CT molecular complexity index is 334. The molecule has 10 heteroatoms. The molecule has 1 rings (SSSR count). The van der Waals surface area contributed by atoms with Crippen LogP contribution in [0.4, 0.5) is 0 Å². The summed E-state index contributed by atoms with van der Waals surface area (Å²) in [5.41, 5.74) is 0. The standard InChI is InChI=1S/C12H23BrO9/c1-2-21-12-5(13)7(17)9(19)11(22-12)10(20)8(18)6(16)4(15)3-14/h4-12,14-20H,2-3H2,1H3/t4-,5+,6-,7-,8+,9+,10+,11+,12?/m1/s1. The first-order chi connectivity index (χ1) is 10.3. The Morgan fingerprint density at radius 1 is 1.09 bits per heavy atom. The molecule has 0 aliphatic carbocycles. The van der Waals surface area contributed by atoms with E-state index < -0.39 is 60.5 Å². The second kappa shape index (κ2) is 8.83. The van der Waals surface area contributed by atoms with Gasteiger partial charge < -0.3 is 45.2 Å². The van der Waals surface area contributed by atoms with Gasteiger partial charge in [0.1, 0.15) is 36.6 Å². The first-order valence-electron chi connectivity index (χ1n) is 6.86. The van der Waals surface area contributed by atoms with Crippen molar-refractivity contribution < 1.29 is 45.2 Å². The monoisotopic (exact) mass is 390 g/mol. The predicted octanol–water partition coefficient (Wildman–Crippen LogP) is -3.33. The average Bonchev–Trinajstić information content (AvgIpc) is 2.52. The minimum atomic E-state index is -1.91. The third-order valence-electron chi connectivity index (χ3n) is 3.51. The van der Waals surface area contributed by atoms with Crippen LogP contribution < -0.4 is 0 Å². The molecule has 0 aromatic rings. The summed E-state index contributed by atoms with van der Waals surface area (Å²) in [4.78, 5) is -0.754. The lowest BCUT2D eigenvalue weighted by Gasteiger charge is -2.43. The van der Waals surface area contributed by atoms with Crippen molar-refractivity contribution in [1.82, 2.24) is 0 Å². The summed E-state index contributed by atoms with van der Waals surface area (Å²) in [6.45, 7) is 1.10. The number of alkyl halides is 1. The van der Waals surface area contributed by atoms with E-state index in [-0.39, 0.29) is 6.61 Å². The minimum Gasteiger partial charge on any atom is -0.394 e. The van der Waals surface area contributed by atoms with Gasteiger partial charge in [0.15, 0.2) is 6.29 Å². The quantitative estimate of drug-likeness (QED) is 0.220. The maximum atomic E-state index is 10.0. The van der Waals surface area contributed by atoms with Crippen molar-refractivity contribution in [3.05, 3.63) is 0 Å². The normalized spacial score (nSPS) is 38.3.